The molecule has 1 heterocycles. The van der Waals surface area contributed by atoms with Gasteiger partial charge < -0.3 is 9.64 Å². The van der Waals surface area contributed by atoms with Gasteiger partial charge in [-0.1, -0.05) is 26.7 Å². The van der Waals surface area contributed by atoms with Crippen LogP contribution in [0.5, 0.6) is 0 Å². The van der Waals surface area contributed by atoms with Gasteiger partial charge in [-0.05, 0) is 18.8 Å². The quantitative estimate of drug-likeness (QED) is 0.780. The molecule has 5 nitrogen and oxygen atoms in total. The molecule has 1 saturated carbocycles. The van der Waals surface area contributed by atoms with Crippen LogP contribution in [0.4, 0.5) is 0 Å². The molecule has 1 amide bonds. The van der Waals surface area contributed by atoms with E-state index in [2.05, 4.69) is 23.9 Å². The molecule has 2 rings (SSSR count). The van der Waals surface area contributed by atoms with E-state index in [0.29, 0.717) is 12.5 Å². The monoisotopic (exact) mass is 268 g/mol. The first-order valence-corrected chi connectivity index (χ1v) is 7.16. The van der Waals surface area contributed by atoms with Crippen LogP contribution in [-0.2, 0) is 14.3 Å². The average Bonchev–Trinajstić information content (AvgIpc) is 2.95. The molecule has 0 aromatic rings. The maximum Gasteiger partial charge on any atom is 0.307 e. The molecule has 0 aromatic carbocycles. The Kier molecular flexibility index (Phi) is 4.13. The number of rotatable bonds is 4. The fourth-order valence-corrected chi connectivity index (χ4v) is 3.24. The lowest BCUT2D eigenvalue weighted by Crippen LogP contribution is -2.45. The third-order valence-corrected chi connectivity index (χ3v) is 4.30. The second-order valence-corrected chi connectivity index (χ2v) is 5.95. The molecule has 108 valence electrons. The molecule has 19 heavy (non-hydrogen) atoms. The molecule has 1 spiro atoms. The van der Waals surface area contributed by atoms with Gasteiger partial charge in [0, 0.05) is 6.54 Å². The van der Waals surface area contributed by atoms with E-state index in [4.69, 9.17) is 0 Å². The predicted octanol–water partition coefficient (Wildman–Crippen LogP) is 1.28. The maximum atomic E-state index is 12.7. The molecule has 1 atom stereocenters. The van der Waals surface area contributed by atoms with E-state index >= 15 is 0 Å². The van der Waals surface area contributed by atoms with Gasteiger partial charge in [-0.25, -0.2) is 0 Å². The number of nitrogens with one attached hydrogen (secondary N) is 1. The Morgan fingerprint density at radius 2 is 2.11 bits per heavy atom. The van der Waals surface area contributed by atoms with Crippen LogP contribution >= 0.6 is 0 Å². The Morgan fingerprint density at radius 1 is 1.47 bits per heavy atom. The van der Waals surface area contributed by atoms with Gasteiger partial charge in [-0.2, -0.15) is 0 Å². The summed E-state index contributed by atoms with van der Waals surface area (Å²) in [6, 6.07) is 0. The Morgan fingerprint density at radius 3 is 2.63 bits per heavy atom. The minimum absolute atomic E-state index is 0.0373. The Balaban J connectivity index is 2.09. The molecule has 0 aromatic heterocycles. The van der Waals surface area contributed by atoms with Crippen molar-refractivity contribution >= 4 is 11.9 Å². The SMILES string of the molecule is COC(=O)CCN1C(=O)C2(CCCC2)NC1C(C)C. The maximum absolute atomic E-state index is 12.7. The van der Waals surface area contributed by atoms with Crippen molar-refractivity contribution in [3.8, 4) is 0 Å². The first kappa shape index (κ1) is 14.3. The van der Waals surface area contributed by atoms with E-state index < -0.39 is 0 Å². The van der Waals surface area contributed by atoms with Gasteiger partial charge in [0.05, 0.1) is 25.2 Å². The second-order valence-electron chi connectivity index (χ2n) is 5.95. The molecule has 0 radical (unpaired) electrons. The highest BCUT2D eigenvalue weighted by atomic mass is 16.5. The average molecular weight is 268 g/mol. The third-order valence-electron chi connectivity index (χ3n) is 4.30. The molecular formula is C14H24N2O3. The normalized spacial score (nSPS) is 25.6. The van der Waals surface area contributed by atoms with E-state index in [-0.39, 0.29) is 30.0 Å². The van der Waals surface area contributed by atoms with Crippen molar-refractivity contribution in [2.24, 2.45) is 5.92 Å². The number of amides is 1. The van der Waals surface area contributed by atoms with Gasteiger partial charge in [0.25, 0.3) is 0 Å². The van der Waals surface area contributed by atoms with Crippen LogP contribution in [0.25, 0.3) is 0 Å². The van der Waals surface area contributed by atoms with Crippen molar-refractivity contribution < 1.29 is 14.3 Å². The summed E-state index contributed by atoms with van der Waals surface area (Å²) in [4.78, 5) is 25.8. The van der Waals surface area contributed by atoms with Crippen LogP contribution < -0.4 is 5.32 Å². The molecule has 1 N–H and O–H groups in total. The Bertz CT molecular complexity index is 362. The predicted molar refractivity (Wildman–Crippen MR) is 71.3 cm³/mol. The minimum Gasteiger partial charge on any atom is -0.469 e. The van der Waals surface area contributed by atoms with E-state index in [0.717, 1.165) is 25.7 Å². The number of carbonyl (C=O) groups is 2. The van der Waals surface area contributed by atoms with Crippen molar-refractivity contribution in [3.63, 3.8) is 0 Å². The smallest absolute Gasteiger partial charge is 0.307 e. The molecule has 0 bridgehead atoms. The summed E-state index contributed by atoms with van der Waals surface area (Å²) >= 11 is 0. The highest BCUT2D eigenvalue weighted by Crippen LogP contribution is 2.37. The van der Waals surface area contributed by atoms with Crippen molar-refractivity contribution in [2.45, 2.75) is 57.7 Å². The molecule has 1 saturated heterocycles. The Labute approximate surface area is 114 Å². The summed E-state index contributed by atoms with van der Waals surface area (Å²) in [5.41, 5.74) is -0.356. The number of hydrogen-bond donors (Lipinski definition) is 1. The first-order chi connectivity index (χ1) is 9.00. The lowest BCUT2D eigenvalue weighted by molar-refractivity contribution is -0.142. The van der Waals surface area contributed by atoms with Gasteiger partial charge in [0.2, 0.25) is 5.91 Å². The number of carbonyl (C=O) groups excluding carboxylic acids is 2. The van der Waals surface area contributed by atoms with Crippen LogP contribution in [0.2, 0.25) is 0 Å². The van der Waals surface area contributed by atoms with Gasteiger partial charge in [-0.15, -0.1) is 0 Å². The molecule has 2 fully saturated rings. The number of esters is 1. The fourth-order valence-electron chi connectivity index (χ4n) is 3.24. The van der Waals surface area contributed by atoms with Crippen LogP contribution in [0, 0.1) is 5.92 Å². The van der Waals surface area contributed by atoms with Gasteiger partial charge in [-0.3, -0.25) is 14.9 Å². The number of nitrogens with zero attached hydrogens (tertiary/aromatic N) is 1. The van der Waals surface area contributed by atoms with Crippen LogP contribution in [0.3, 0.4) is 0 Å². The van der Waals surface area contributed by atoms with Gasteiger partial charge in [0.1, 0.15) is 0 Å². The molecule has 2 aliphatic rings. The summed E-state index contributed by atoms with van der Waals surface area (Å²) in [7, 11) is 1.38. The largest absolute Gasteiger partial charge is 0.469 e. The highest BCUT2D eigenvalue weighted by molar-refractivity contribution is 5.89. The summed E-state index contributed by atoms with van der Waals surface area (Å²) in [5, 5.41) is 3.53. The van der Waals surface area contributed by atoms with Crippen LogP contribution in [0.1, 0.15) is 46.0 Å². The lowest BCUT2D eigenvalue weighted by Gasteiger charge is -2.26. The lowest BCUT2D eigenvalue weighted by atomic mass is 9.98. The standard InChI is InChI=1S/C14H24N2O3/c1-10(2)12-15-14(7-4-5-8-14)13(18)16(12)9-6-11(17)19-3/h10,12,15H,4-9H2,1-3H3. The zero-order chi connectivity index (χ0) is 14.0. The van der Waals surface area contributed by atoms with Crippen molar-refractivity contribution in [3.05, 3.63) is 0 Å². The Hall–Kier alpha value is -1.10. The van der Waals surface area contributed by atoms with Crippen molar-refractivity contribution in [1.82, 2.24) is 10.2 Å². The molecular weight excluding hydrogens is 244 g/mol. The molecule has 1 aliphatic heterocycles. The van der Waals surface area contributed by atoms with E-state index in [9.17, 15) is 9.59 Å². The minimum atomic E-state index is -0.356. The van der Waals surface area contributed by atoms with Gasteiger partial charge >= 0.3 is 5.97 Å². The van der Waals surface area contributed by atoms with E-state index in [1.165, 1.54) is 7.11 Å². The number of hydrogen-bond acceptors (Lipinski definition) is 4. The zero-order valence-electron chi connectivity index (χ0n) is 12.1. The summed E-state index contributed by atoms with van der Waals surface area (Å²) in [6.07, 6.45) is 4.36. The second kappa shape index (κ2) is 5.49. The summed E-state index contributed by atoms with van der Waals surface area (Å²) in [6.45, 7) is 4.65. The van der Waals surface area contributed by atoms with Gasteiger partial charge in [0.15, 0.2) is 0 Å². The number of ether oxygens (including phenoxy) is 1. The first-order valence-electron chi connectivity index (χ1n) is 7.16. The third kappa shape index (κ3) is 2.61. The molecule has 1 unspecified atom stereocenters. The molecule has 1 aliphatic carbocycles. The highest BCUT2D eigenvalue weighted by Gasteiger charge is 2.52. The number of methoxy groups -OCH3 is 1. The van der Waals surface area contributed by atoms with E-state index in [1.807, 2.05) is 4.90 Å². The van der Waals surface area contributed by atoms with E-state index in [1.54, 1.807) is 0 Å². The summed E-state index contributed by atoms with van der Waals surface area (Å²) < 4.78 is 4.66. The summed E-state index contributed by atoms with van der Waals surface area (Å²) in [5.74, 6) is 0.247. The topological polar surface area (TPSA) is 58.6 Å². The van der Waals surface area contributed by atoms with Crippen LogP contribution in [-0.4, -0.2) is 42.1 Å². The fraction of sp³-hybridized carbons (Fsp3) is 0.857. The van der Waals surface area contributed by atoms with Crippen molar-refractivity contribution in [1.29, 1.82) is 0 Å². The zero-order valence-corrected chi connectivity index (χ0v) is 12.1. The molecule has 5 heteroatoms. The van der Waals surface area contributed by atoms with Crippen molar-refractivity contribution in [2.75, 3.05) is 13.7 Å². The van der Waals surface area contributed by atoms with Crippen LogP contribution in [0.15, 0.2) is 0 Å².